The Morgan fingerprint density at radius 2 is 1.72 bits per heavy atom. The van der Waals surface area contributed by atoms with Crippen molar-refractivity contribution in [3.63, 3.8) is 0 Å². The van der Waals surface area contributed by atoms with E-state index in [4.69, 9.17) is 0 Å². The van der Waals surface area contributed by atoms with Gasteiger partial charge in [-0.3, -0.25) is 9.59 Å². The fourth-order valence-corrected chi connectivity index (χ4v) is 2.81. The molecule has 0 unspecified atom stereocenters. The van der Waals surface area contributed by atoms with Crippen LogP contribution in [-0.2, 0) is 0 Å². The average Bonchev–Trinajstić information content (AvgIpc) is 3.16. The van der Waals surface area contributed by atoms with E-state index in [0.29, 0.717) is 21.7 Å². The number of carbonyl (C=O) groups excluding carboxylic acids is 2. The molecule has 0 spiro atoms. The fraction of sp³-hybridized carbons (Fsp3) is 0. The zero-order valence-electron chi connectivity index (χ0n) is 13.1. The van der Waals surface area contributed by atoms with E-state index in [9.17, 15) is 14.0 Å². The normalized spacial score (nSPS) is 10.8. The lowest BCUT2D eigenvalue weighted by Crippen LogP contribution is -2.10. The van der Waals surface area contributed by atoms with Gasteiger partial charge < -0.3 is 5.32 Å². The number of halogens is 1. The van der Waals surface area contributed by atoms with E-state index >= 15 is 0 Å². The molecule has 1 N–H and O–H groups in total. The Morgan fingerprint density at radius 3 is 2.40 bits per heavy atom. The zero-order valence-corrected chi connectivity index (χ0v) is 13.9. The second kappa shape index (κ2) is 7.68. The van der Waals surface area contributed by atoms with Crippen molar-refractivity contribution in [3.05, 3.63) is 93.9 Å². The van der Waals surface area contributed by atoms with Gasteiger partial charge in [0, 0.05) is 16.8 Å². The monoisotopic (exact) mass is 351 g/mol. The summed E-state index contributed by atoms with van der Waals surface area (Å²) >= 11 is 1.36. The van der Waals surface area contributed by atoms with E-state index in [0.717, 1.165) is 0 Å². The lowest BCUT2D eigenvalue weighted by atomic mass is 10.1. The smallest absolute Gasteiger partial charge is 0.265 e. The number of thiophene rings is 1. The Kier molecular flexibility index (Phi) is 5.16. The van der Waals surface area contributed by atoms with Crippen LogP contribution in [0, 0.1) is 5.82 Å². The largest absolute Gasteiger partial charge is 0.321 e. The Labute approximate surface area is 148 Å². The number of carbonyl (C=O) groups is 2. The number of hydrogen-bond donors (Lipinski definition) is 1. The second-order valence-electron chi connectivity index (χ2n) is 5.23. The molecular formula is C20H14FNO2S. The number of nitrogens with one attached hydrogen (secondary N) is 1. The molecule has 25 heavy (non-hydrogen) atoms. The molecule has 0 saturated carbocycles. The van der Waals surface area contributed by atoms with Crippen LogP contribution in [0.1, 0.15) is 25.6 Å². The van der Waals surface area contributed by atoms with E-state index < -0.39 is 0 Å². The van der Waals surface area contributed by atoms with Gasteiger partial charge >= 0.3 is 0 Å². The molecule has 0 aliphatic rings. The summed E-state index contributed by atoms with van der Waals surface area (Å²) in [5.41, 5.74) is 1.42. The molecule has 0 fully saturated rings. The first-order valence-corrected chi connectivity index (χ1v) is 8.43. The molecule has 1 amide bonds. The molecular weight excluding hydrogens is 337 g/mol. The Bertz CT molecular complexity index is 915. The SMILES string of the molecule is O=C(C=Cc1ccccc1F)c1ccc(NC(=O)c2cccs2)cc1. The van der Waals surface area contributed by atoms with Gasteiger partial charge in [-0.1, -0.05) is 24.3 Å². The summed E-state index contributed by atoms with van der Waals surface area (Å²) in [5.74, 6) is -0.800. The van der Waals surface area contributed by atoms with Crippen molar-refractivity contribution in [1.82, 2.24) is 0 Å². The van der Waals surface area contributed by atoms with E-state index in [1.165, 1.54) is 29.6 Å². The third-order valence-corrected chi connectivity index (χ3v) is 4.36. The molecule has 0 atom stereocenters. The predicted molar refractivity (Wildman–Crippen MR) is 98.5 cm³/mol. The van der Waals surface area contributed by atoms with Gasteiger partial charge in [-0.25, -0.2) is 4.39 Å². The summed E-state index contributed by atoms with van der Waals surface area (Å²) in [4.78, 5) is 24.7. The molecule has 5 heteroatoms. The number of benzene rings is 2. The maximum absolute atomic E-state index is 13.5. The highest BCUT2D eigenvalue weighted by molar-refractivity contribution is 7.12. The molecule has 3 nitrogen and oxygen atoms in total. The highest BCUT2D eigenvalue weighted by Crippen LogP contribution is 2.15. The van der Waals surface area contributed by atoms with Gasteiger partial charge in [-0.2, -0.15) is 0 Å². The van der Waals surface area contributed by atoms with E-state index in [-0.39, 0.29) is 17.5 Å². The van der Waals surface area contributed by atoms with E-state index in [1.54, 1.807) is 48.5 Å². The quantitative estimate of drug-likeness (QED) is 0.517. The van der Waals surface area contributed by atoms with Crippen molar-refractivity contribution in [2.45, 2.75) is 0 Å². The number of hydrogen-bond acceptors (Lipinski definition) is 3. The van der Waals surface area contributed by atoms with Gasteiger partial charge in [0.2, 0.25) is 0 Å². The van der Waals surface area contributed by atoms with Crippen LogP contribution in [0.15, 0.2) is 72.1 Å². The maximum Gasteiger partial charge on any atom is 0.265 e. The number of ketones is 1. The number of allylic oxidation sites excluding steroid dienone is 1. The van der Waals surface area contributed by atoms with Crippen LogP contribution < -0.4 is 5.32 Å². The third kappa shape index (κ3) is 4.28. The Hall–Kier alpha value is -3.05. The minimum absolute atomic E-state index is 0.187. The van der Waals surface area contributed by atoms with Crippen LogP contribution in [0.2, 0.25) is 0 Å². The van der Waals surface area contributed by atoms with Gasteiger partial charge in [0.25, 0.3) is 5.91 Å². The summed E-state index contributed by atoms with van der Waals surface area (Å²) in [5, 5.41) is 4.60. The van der Waals surface area contributed by atoms with Crippen LogP contribution in [-0.4, -0.2) is 11.7 Å². The summed E-state index contributed by atoms with van der Waals surface area (Å²) in [7, 11) is 0. The van der Waals surface area contributed by atoms with Crippen molar-refractivity contribution in [2.75, 3.05) is 5.32 Å². The average molecular weight is 351 g/mol. The van der Waals surface area contributed by atoms with Crippen LogP contribution in [0.5, 0.6) is 0 Å². The van der Waals surface area contributed by atoms with Crippen LogP contribution in [0.4, 0.5) is 10.1 Å². The molecule has 1 aromatic heterocycles. The van der Waals surface area contributed by atoms with Crippen LogP contribution >= 0.6 is 11.3 Å². The summed E-state index contributed by atoms with van der Waals surface area (Å²) in [6.07, 6.45) is 2.78. The molecule has 124 valence electrons. The highest BCUT2D eigenvalue weighted by Gasteiger charge is 2.08. The van der Waals surface area contributed by atoms with Gasteiger partial charge in [0.1, 0.15) is 5.82 Å². The molecule has 3 rings (SSSR count). The zero-order chi connectivity index (χ0) is 17.6. The van der Waals surface area contributed by atoms with Crippen LogP contribution in [0.3, 0.4) is 0 Å². The fourth-order valence-electron chi connectivity index (χ4n) is 2.19. The van der Waals surface area contributed by atoms with Gasteiger partial charge in [-0.05, 0) is 53.9 Å². The van der Waals surface area contributed by atoms with Gasteiger partial charge in [-0.15, -0.1) is 11.3 Å². The summed E-state index contributed by atoms with van der Waals surface area (Å²) in [6.45, 7) is 0. The molecule has 0 aliphatic carbocycles. The number of amides is 1. The molecule has 1 heterocycles. The van der Waals surface area contributed by atoms with E-state index in [2.05, 4.69) is 5.32 Å². The number of anilines is 1. The molecule has 0 aliphatic heterocycles. The first-order chi connectivity index (χ1) is 12.1. The van der Waals surface area contributed by atoms with Gasteiger partial charge in [0.15, 0.2) is 5.78 Å². The summed E-state index contributed by atoms with van der Waals surface area (Å²) in [6, 6.07) is 16.4. The standard InChI is InChI=1S/C20H14FNO2S/c21-17-5-2-1-4-14(17)9-12-18(23)15-7-10-16(11-8-15)22-20(24)19-6-3-13-25-19/h1-13H,(H,22,24). The van der Waals surface area contributed by atoms with E-state index in [1.807, 2.05) is 11.4 Å². The summed E-state index contributed by atoms with van der Waals surface area (Å²) < 4.78 is 13.5. The highest BCUT2D eigenvalue weighted by atomic mass is 32.1. The lowest BCUT2D eigenvalue weighted by Gasteiger charge is -2.04. The maximum atomic E-state index is 13.5. The van der Waals surface area contributed by atoms with Crippen molar-refractivity contribution >= 4 is 34.8 Å². The predicted octanol–water partition coefficient (Wildman–Crippen LogP) is 5.04. The molecule has 3 aromatic rings. The lowest BCUT2D eigenvalue weighted by molar-refractivity contribution is 0.102. The Balaban J connectivity index is 1.66. The molecule has 0 saturated heterocycles. The minimum atomic E-state index is -0.377. The second-order valence-corrected chi connectivity index (χ2v) is 6.18. The van der Waals surface area contributed by atoms with Crippen molar-refractivity contribution < 1.29 is 14.0 Å². The van der Waals surface area contributed by atoms with Crippen molar-refractivity contribution in [2.24, 2.45) is 0 Å². The first kappa shape index (κ1) is 16.8. The van der Waals surface area contributed by atoms with Crippen LogP contribution in [0.25, 0.3) is 6.08 Å². The minimum Gasteiger partial charge on any atom is -0.321 e. The van der Waals surface area contributed by atoms with Gasteiger partial charge in [0.05, 0.1) is 4.88 Å². The number of rotatable bonds is 5. The molecule has 0 radical (unpaired) electrons. The molecule has 2 aromatic carbocycles. The first-order valence-electron chi connectivity index (χ1n) is 7.55. The topological polar surface area (TPSA) is 46.2 Å². The Morgan fingerprint density at radius 1 is 0.960 bits per heavy atom. The third-order valence-electron chi connectivity index (χ3n) is 3.49. The van der Waals surface area contributed by atoms with Crippen molar-refractivity contribution in [3.8, 4) is 0 Å². The molecule has 0 bridgehead atoms. The van der Waals surface area contributed by atoms with Crippen molar-refractivity contribution in [1.29, 1.82) is 0 Å².